The average Bonchev–Trinajstić information content (AvgIpc) is 1.93. The van der Waals surface area contributed by atoms with Gasteiger partial charge in [-0.25, -0.2) is 0 Å². The highest BCUT2D eigenvalue weighted by atomic mass is 32.1. The van der Waals surface area contributed by atoms with E-state index < -0.39 is 0 Å². The first-order valence-corrected chi connectivity index (χ1v) is 3.78. The van der Waals surface area contributed by atoms with Crippen LogP contribution in [0.4, 0.5) is 0 Å². The van der Waals surface area contributed by atoms with Gasteiger partial charge in [0.25, 0.3) is 0 Å². The van der Waals surface area contributed by atoms with E-state index in [0.29, 0.717) is 6.42 Å². The van der Waals surface area contributed by atoms with Crippen molar-refractivity contribution >= 4 is 18.5 Å². The van der Waals surface area contributed by atoms with E-state index in [1.165, 1.54) is 0 Å². The molecule has 0 aromatic rings. The molecule has 1 atom stereocenters. The fourth-order valence-electron chi connectivity index (χ4n) is 0.953. The molecule has 1 rings (SSSR count). The van der Waals surface area contributed by atoms with Crippen LogP contribution in [0, 0.1) is 0 Å². The van der Waals surface area contributed by atoms with Crippen LogP contribution in [0.3, 0.4) is 0 Å². The van der Waals surface area contributed by atoms with E-state index in [4.69, 9.17) is 0 Å². The smallest absolute Gasteiger partial charge is 0.220 e. The Morgan fingerprint density at radius 1 is 1.56 bits per heavy atom. The number of thiol groups is 1. The summed E-state index contributed by atoms with van der Waals surface area (Å²) in [7, 11) is 0. The zero-order valence-corrected chi connectivity index (χ0v) is 6.16. The minimum absolute atomic E-state index is 0.0972. The van der Waals surface area contributed by atoms with Crippen LogP contribution in [0.25, 0.3) is 0 Å². The molecule has 0 saturated carbocycles. The monoisotopic (exact) mass is 145 g/mol. The van der Waals surface area contributed by atoms with Crippen LogP contribution in [0.1, 0.15) is 25.7 Å². The molecule has 1 saturated heterocycles. The highest BCUT2D eigenvalue weighted by Crippen LogP contribution is 2.10. The van der Waals surface area contributed by atoms with Crippen molar-refractivity contribution in [2.45, 2.75) is 31.1 Å². The topological polar surface area (TPSA) is 29.1 Å². The van der Waals surface area contributed by atoms with Crippen molar-refractivity contribution in [3.8, 4) is 0 Å². The summed E-state index contributed by atoms with van der Waals surface area (Å²) in [6, 6.07) is 0. The van der Waals surface area contributed by atoms with E-state index in [1.807, 2.05) is 0 Å². The predicted molar refractivity (Wildman–Crippen MR) is 39.4 cm³/mol. The standard InChI is InChI=1S/C6H11NOS/c8-5-3-1-2-4-6(9)7-5/h6,9H,1-4H2,(H,7,8). The predicted octanol–water partition coefficient (Wildman–Crippen LogP) is 0.932. The lowest BCUT2D eigenvalue weighted by Gasteiger charge is -2.06. The van der Waals surface area contributed by atoms with Crippen LogP contribution in [0.15, 0.2) is 0 Å². The Labute approximate surface area is 60.4 Å². The van der Waals surface area contributed by atoms with Crippen molar-refractivity contribution in [3.63, 3.8) is 0 Å². The second-order valence-corrected chi connectivity index (χ2v) is 2.95. The Morgan fingerprint density at radius 3 is 3.11 bits per heavy atom. The second-order valence-electron chi connectivity index (χ2n) is 2.33. The highest BCUT2D eigenvalue weighted by Gasteiger charge is 2.11. The zero-order chi connectivity index (χ0) is 6.69. The molecule has 0 radical (unpaired) electrons. The van der Waals surface area contributed by atoms with E-state index in [0.717, 1.165) is 19.3 Å². The molecule has 0 spiro atoms. The Kier molecular flexibility index (Phi) is 2.39. The molecule has 0 bridgehead atoms. The largest absolute Gasteiger partial charge is 0.345 e. The maximum Gasteiger partial charge on any atom is 0.220 e. The van der Waals surface area contributed by atoms with Crippen molar-refractivity contribution in [3.05, 3.63) is 0 Å². The zero-order valence-electron chi connectivity index (χ0n) is 5.26. The third-order valence-electron chi connectivity index (χ3n) is 1.46. The summed E-state index contributed by atoms with van der Waals surface area (Å²) in [5.74, 6) is 0.146. The van der Waals surface area contributed by atoms with Gasteiger partial charge in [-0.2, -0.15) is 12.6 Å². The maximum atomic E-state index is 10.7. The summed E-state index contributed by atoms with van der Waals surface area (Å²) >= 11 is 4.16. The Morgan fingerprint density at radius 2 is 2.33 bits per heavy atom. The summed E-state index contributed by atoms with van der Waals surface area (Å²) in [6.45, 7) is 0. The summed E-state index contributed by atoms with van der Waals surface area (Å²) in [6.07, 6.45) is 3.82. The first-order chi connectivity index (χ1) is 4.29. The fourth-order valence-corrected chi connectivity index (χ4v) is 1.28. The first-order valence-electron chi connectivity index (χ1n) is 3.26. The molecule has 0 aromatic heterocycles. The molecule has 1 heterocycles. The number of hydrogen-bond acceptors (Lipinski definition) is 2. The van der Waals surface area contributed by atoms with E-state index in [9.17, 15) is 4.79 Å². The highest BCUT2D eigenvalue weighted by molar-refractivity contribution is 7.80. The molecular formula is C6H11NOS. The normalized spacial score (nSPS) is 29.0. The van der Waals surface area contributed by atoms with Gasteiger partial charge in [0.1, 0.15) is 0 Å². The van der Waals surface area contributed by atoms with Gasteiger partial charge in [0.2, 0.25) is 5.91 Å². The number of hydrogen-bond donors (Lipinski definition) is 2. The van der Waals surface area contributed by atoms with E-state index in [-0.39, 0.29) is 11.3 Å². The van der Waals surface area contributed by atoms with Crippen LogP contribution in [-0.4, -0.2) is 11.3 Å². The van der Waals surface area contributed by atoms with Gasteiger partial charge in [-0.15, -0.1) is 0 Å². The Hall–Kier alpha value is -0.180. The number of carbonyl (C=O) groups is 1. The van der Waals surface area contributed by atoms with Gasteiger partial charge in [-0.1, -0.05) is 6.42 Å². The lowest BCUT2D eigenvalue weighted by Crippen LogP contribution is -2.28. The SMILES string of the molecule is O=C1CCCCC(S)N1. The molecule has 52 valence electrons. The lowest BCUT2D eigenvalue weighted by molar-refractivity contribution is -0.120. The van der Waals surface area contributed by atoms with Crippen LogP contribution >= 0.6 is 12.6 Å². The van der Waals surface area contributed by atoms with Crippen molar-refractivity contribution in [2.24, 2.45) is 0 Å². The van der Waals surface area contributed by atoms with Crippen molar-refractivity contribution < 1.29 is 4.79 Å². The lowest BCUT2D eigenvalue weighted by atomic mass is 10.2. The van der Waals surface area contributed by atoms with E-state index in [1.54, 1.807) is 0 Å². The summed E-state index contributed by atoms with van der Waals surface area (Å²) in [4.78, 5) is 10.7. The van der Waals surface area contributed by atoms with Crippen LogP contribution in [0.2, 0.25) is 0 Å². The molecular weight excluding hydrogens is 134 g/mol. The van der Waals surface area contributed by atoms with Crippen molar-refractivity contribution in [1.82, 2.24) is 5.32 Å². The van der Waals surface area contributed by atoms with Gasteiger partial charge in [0, 0.05) is 6.42 Å². The summed E-state index contributed by atoms with van der Waals surface area (Å²) in [5, 5.41) is 2.86. The minimum atomic E-state index is 0.0972. The number of carbonyl (C=O) groups excluding carboxylic acids is 1. The quantitative estimate of drug-likeness (QED) is 0.488. The van der Waals surface area contributed by atoms with Gasteiger partial charge in [-0.05, 0) is 12.8 Å². The van der Waals surface area contributed by atoms with Crippen LogP contribution in [0.5, 0.6) is 0 Å². The Bertz CT molecular complexity index is 116. The van der Waals surface area contributed by atoms with Crippen LogP contribution < -0.4 is 5.32 Å². The average molecular weight is 145 g/mol. The van der Waals surface area contributed by atoms with Crippen LogP contribution in [-0.2, 0) is 4.79 Å². The molecule has 1 fully saturated rings. The molecule has 2 nitrogen and oxygen atoms in total. The minimum Gasteiger partial charge on any atom is -0.345 e. The molecule has 1 aliphatic heterocycles. The fraction of sp³-hybridized carbons (Fsp3) is 0.833. The molecule has 1 amide bonds. The third kappa shape index (κ3) is 2.26. The first kappa shape index (κ1) is 6.93. The molecule has 0 aliphatic carbocycles. The van der Waals surface area contributed by atoms with Gasteiger partial charge >= 0.3 is 0 Å². The van der Waals surface area contributed by atoms with Gasteiger partial charge < -0.3 is 5.32 Å². The van der Waals surface area contributed by atoms with E-state index in [2.05, 4.69) is 17.9 Å². The maximum absolute atomic E-state index is 10.7. The third-order valence-corrected chi connectivity index (χ3v) is 1.85. The van der Waals surface area contributed by atoms with Gasteiger partial charge in [-0.3, -0.25) is 4.79 Å². The van der Waals surface area contributed by atoms with E-state index >= 15 is 0 Å². The molecule has 1 N–H and O–H groups in total. The molecule has 1 unspecified atom stereocenters. The number of rotatable bonds is 0. The van der Waals surface area contributed by atoms with Crippen molar-refractivity contribution in [1.29, 1.82) is 0 Å². The summed E-state index contributed by atoms with van der Waals surface area (Å²) in [5.41, 5.74) is 0. The number of nitrogens with one attached hydrogen (secondary N) is 1. The van der Waals surface area contributed by atoms with Gasteiger partial charge in [0.05, 0.1) is 5.37 Å². The number of amides is 1. The Balaban J connectivity index is 2.37. The molecule has 9 heavy (non-hydrogen) atoms. The second kappa shape index (κ2) is 3.11. The molecule has 3 heteroatoms. The van der Waals surface area contributed by atoms with Crippen molar-refractivity contribution in [2.75, 3.05) is 0 Å². The molecule has 0 aromatic carbocycles. The van der Waals surface area contributed by atoms with Gasteiger partial charge in [0.15, 0.2) is 0 Å². The summed E-state index contributed by atoms with van der Waals surface area (Å²) < 4.78 is 0. The molecule has 1 aliphatic rings.